The van der Waals surface area contributed by atoms with E-state index in [1.165, 1.54) is 19.1 Å². The lowest BCUT2D eigenvalue weighted by Crippen LogP contribution is -2.38. The summed E-state index contributed by atoms with van der Waals surface area (Å²) in [5.41, 5.74) is 2.53. The number of hydrogen-bond donors (Lipinski definition) is 1. The summed E-state index contributed by atoms with van der Waals surface area (Å²) in [5, 5.41) is 2.76. The molecule has 0 aliphatic rings. The number of nitrogens with zero attached hydrogens (tertiary/aromatic N) is 1. The second-order valence-electron chi connectivity index (χ2n) is 5.66. The highest BCUT2D eigenvalue weighted by Gasteiger charge is 2.11. The second kappa shape index (κ2) is 8.24. The van der Waals surface area contributed by atoms with Crippen molar-refractivity contribution in [1.82, 2.24) is 5.32 Å². The fraction of sp³-hybridized carbons (Fsp3) is 0.263. The molecule has 0 unspecified atom stereocenters. The molecular formula is C19H21FN2O2. The van der Waals surface area contributed by atoms with Gasteiger partial charge >= 0.3 is 0 Å². The van der Waals surface area contributed by atoms with Crippen LogP contribution in [0.4, 0.5) is 10.1 Å². The summed E-state index contributed by atoms with van der Waals surface area (Å²) in [7, 11) is 0. The van der Waals surface area contributed by atoms with Crippen LogP contribution in [0.5, 0.6) is 0 Å². The summed E-state index contributed by atoms with van der Waals surface area (Å²) in [4.78, 5) is 25.3. The van der Waals surface area contributed by atoms with Crippen molar-refractivity contribution < 1.29 is 14.0 Å². The first-order valence-corrected chi connectivity index (χ1v) is 7.81. The predicted molar refractivity (Wildman–Crippen MR) is 92.3 cm³/mol. The minimum atomic E-state index is -0.359. The Labute approximate surface area is 141 Å². The lowest BCUT2D eigenvalue weighted by molar-refractivity contribution is -0.121. The van der Waals surface area contributed by atoms with Gasteiger partial charge in [0.1, 0.15) is 5.82 Å². The Bertz CT molecular complexity index is 714. The minimum Gasteiger partial charge on any atom is -0.354 e. The van der Waals surface area contributed by atoms with E-state index in [4.69, 9.17) is 0 Å². The quantitative estimate of drug-likeness (QED) is 0.886. The summed E-state index contributed by atoms with van der Waals surface area (Å²) in [6, 6.07) is 13.6. The van der Waals surface area contributed by atoms with E-state index in [9.17, 15) is 14.0 Å². The van der Waals surface area contributed by atoms with Crippen molar-refractivity contribution in [2.24, 2.45) is 0 Å². The molecule has 4 nitrogen and oxygen atoms in total. The van der Waals surface area contributed by atoms with Crippen molar-refractivity contribution in [2.75, 3.05) is 18.0 Å². The molecule has 0 radical (unpaired) electrons. The molecule has 2 aromatic rings. The normalized spacial score (nSPS) is 10.3. The van der Waals surface area contributed by atoms with Crippen LogP contribution in [0.25, 0.3) is 0 Å². The Morgan fingerprint density at radius 3 is 2.46 bits per heavy atom. The SMILES string of the molecule is CC(=O)N(CCNC(=O)Cc1cccc(F)c1)c1ccc(C)cc1. The molecule has 2 amide bonds. The van der Waals surface area contributed by atoms with Crippen LogP contribution >= 0.6 is 0 Å². The Kier molecular flexibility index (Phi) is 6.07. The third-order valence-corrected chi connectivity index (χ3v) is 3.64. The predicted octanol–water partition coefficient (Wildman–Crippen LogP) is 2.85. The zero-order chi connectivity index (χ0) is 17.5. The summed E-state index contributed by atoms with van der Waals surface area (Å²) in [6.45, 7) is 4.19. The van der Waals surface area contributed by atoms with Gasteiger partial charge in [-0.2, -0.15) is 0 Å². The van der Waals surface area contributed by atoms with Gasteiger partial charge in [0, 0.05) is 25.7 Å². The number of hydrogen-bond acceptors (Lipinski definition) is 2. The Morgan fingerprint density at radius 2 is 1.83 bits per heavy atom. The third kappa shape index (κ3) is 5.19. The van der Waals surface area contributed by atoms with Gasteiger partial charge in [-0.25, -0.2) is 4.39 Å². The lowest BCUT2D eigenvalue weighted by atomic mass is 10.1. The highest BCUT2D eigenvalue weighted by Crippen LogP contribution is 2.14. The summed E-state index contributed by atoms with van der Waals surface area (Å²) in [6.07, 6.45) is 0.113. The van der Waals surface area contributed by atoms with Gasteiger partial charge in [0.15, 0.2) is 0 Å². The zero-order valence-corrected chi connectivity index (χ0v) is 13.9. The highest BCUT2D eigenvalue weighted by atomic mass is 19.1. The van der Waals surface area contributed by atoms with Crippen molar-refractivity contribution in [2.45, 2.75) is 20.3 Å². The van der Waals surface area contributed by atoms with Gasteiger partial charge in [-0.15, -0.1) is 0 Å². The molecule has 24 heavy (non-hydrogen) atoms. The van der Waals surface area contributed by atoms with Crippen LogP contribution in [0.15, 0.2) is 48.5 Å². The molecule has 2 aromatic carbocycles. The highest BCUT2D eigenvalue weighted by molar-refractivity contribution is 5.91. The van der Waals surface area contributed by atoms with E-state index in [1.807, 2.05) is 31.2 Å². The van der Waals surface area contributed by atoms with Crippen LogP contribution in [-0.2, 0) is 16.0 Å². The van der Waals surface area contributed by atoms with E-state index >= 15 is 0 Å². The minimum absolute atomic E-state index is 0.0850. The number of aryl methyl sites for hydroxylation is 1. The number of benzene rings is 2. The Morgan fingerprint density at radius 1 is 1.12 bits per heavy atom. The largest absolute Gasteiger partial charge is 0.354 e. The second-order valence-corrected chi connectivity index (χ2v) is 5.66. The molecule has 0 heterocycles. The topological polar surface area (TPSA) is 49.4 Å². The van der Waals surface area contributed by atoms with Crippen LogP contribution in [0.1, 0.15) is 18.1 Å². The van der Waals surface area contributed by atoms with E-state index in [0.29, 0.717) is 18.7 Å². The van der Waals surface area contributed by atoms with Crippen molar-refractivity contribution in [3.63, 3.8) is 0 Å². The average Bonchev–Trinajstić information content (AvgIpc) is 2.52. The fourth-order valence-corrected chi connectivity index (χ4v) is 2.40. The third-order valence-electron chi connectivity index (χ3n) is 3.64. The molecule has 1 N–H and O–H groups in total. The van der Waals surface area contributed by atoms with Crippen LogP contribution < -0.4 is 10.2 Å². The van der Waals surface area contributed by atoms with Crippen LogP contribution in [0, 0.1) is 12.7 Å². The molecule has 126 valence electrons. The average molecular weight is 328 g/mol. The molecule has 0 saturated heterocycles. The first-order chi connectivity index (χ1) is 11.5. The molecule has 0 bridgehead atoms. The summed E-state index contributed by atoms with van der Waals surface area (Å²) < 4.78 is 13.1. The first kappa shape index (κ1) is 17.7. The number of halogens is 1. The lowest BCUT2D eigenvalue weighted by Gasteiger charge is -2.21. The smallest absolute Gasteiger partial charge is 0.224 e. The summed E-state index contributed by atoms with van der Waals surface area (Å²) in [5.74, 6) is -0.645. The van der Waals surface area contributed by atoms with Gasteiger partial charge < -0.3 is 10.2 Å². The molecule has 0 aliphatic carbocycles. The fourth-order valence-electron chi connectivity index (χ4n) is 2.40. The molecular weight excluding hydrogens is 307 g/mol. The molecule has 0 spiro atoms. The first-order valence-electron chi connectivity index (χ1n) is 7.81. The summed E-state index contributed by atoms with van der Waals surface area (Å²) >= 11 is 0. The van der Waals surface area contributed by atoms with E-state index in [2.05, 4.69) is 5.32 Å². The number of rotatable bonds is 6. The van der Waals surface area contributed by atoms with Gasteiger partial charge in [-0.3, -0.25) is 9.59 Å². The molecule has 0 fully saturated rings. The Balaban J connectivity index is 1.87. The van der Waals surface area contributed by atoms with Gasteiger partial charge in [0.25, 0.3) is 0 Å². The maximum Gasteiger partial charge on any atom is 0.224 e. The van der Waals surface area contributed by atoms with E-state index < -0.39 is 0 Å². The number of nitrogens with one attached hydrogen (secondary N) is 1. The number of carbonyl (C=O) groups is 2. The van der Waals surface area contributed by atoms with Crippen molar-refractivity contribution in [3.8, 4) is 0 Å². The molecule has 0 aliphatic heterocycles. The maximum atomic E-state index is 13.1. The van der Waals surface area contributed by atoms with Crippen molar-refractivity contribution in [3.05, 3.63) is 65.5 Å². The number of anilines is 1. The van der Waals surface area contributed by atoms with Crippen molar-refractivity contribution in [1.29, 1.82) is 0 Å². The van der Waals surface area contributed by atoms with E-state index in [1.54, 1.807) is 17.0 Å². The van der Waals surface area contributed by atoms with Gasteiger partial charge in [-0.1, -0.05) is 29.8 Å². The van der Waals surface area contributed by atoms with Crippen LogP contribution in [0.3, 0.4) is 0 Å². The molecule has 0 aromatic heterocycles. The standard InChI is InChI=1S/C19H21FN2O2/c1-14-6-8-18(9-7-14)22(15(2)23)11-10-21-19(24)13-16-4-3-5-17(20)12-16/h3-9,12H,10-11,13H2,1-2H3,(H,21,24). The zero-order valence-electron chi connectivity index (χ0n) is 13.9. The molecule has 2 rings (SSSR count). The maximum absolute atomic E-state index is 13.1. The van der Waals surface area contributed by atoms with E-state index in [0.717, 1.165) is 11.3 Å². The van der Waals surface area contributed by atoms with Gasteiger partial charge in [0.2, 0.25) is 11.8 Å². The van der Waals surface area contributed by atoms with Gasteiger partial charge in [-0.05, 0) is 36.8 Å². The van der Waals surface area contributed by atoms with Crippen LogP contribution in [0.2, 0.25) is 0 Å². The number of amides is 2. The molecule has 5 heteroatoms. The molecule has 0 atom stereocenters. The molecule has 0 saturated carbocycles. The van der Waals surface area contributed by atoms with Crippen LogP contribution in [-0.4, -0.2) is 24.9 Å². The monoisotopic (exact) mass is 328 g/mol. The van der Waals surface area contributed by atoms with Gasteiger partial charge in [0.05, 0.1) is 6.42 Å². The number of carbonyl (C=O) groups excluding carboxylic acids is 2. The van der Waals surface area contributed by atoms with E-state index in [-0.39, 0.29) is 24.1 Å². The van der Waals surface area contributed by atoms with Crippen molar-refractivity contribution >= 4 is 17.5 Å². The Hall–Kier alpha value is -2.69.